The van der Waals surface area contributed by atoms with Crippen molar-refractivity contribution in [1.29, 1.82) is 0 Å². The minimum absolute atomic E-state index is 0.742. The molecular formula is C11H15N. The number of hydrogen-bond donors (Lipinski definition) is 1. The second kappa shape index (κ2) is 3.28. The van der Waals surface area contributed by atoms with Crippen molar-refractivity contribution in [2.75, 3.05) is 6.54 Å². The first kappa shape index (κ1) is 7.81. The Morgan fingerprint density at radius 3 is 3.00 bits per heavy atom. The van der Waals surface area contributed by atoms with E-state index >= 15 is 0 Å². The van der Waals surface area contributed by atoms with Crippen LogP contribution in [0.15, 0.2) is 24.3 Å². The normalized spacial score (nSPS) is 20.9. The van der Waals surface area contributed by atoms with Gasteiger partial charge in [-0.25, -0.2) is 0 Å². The highest BCUT2D eigenvalue weighted by atomic mass is 14.5. The van der Waals surface area contributed by atoms with Crippen molar-refractivity contribution in [3.05, 3.63) is 35.4 Å². The molecule has 0 radical (unpaired) electrons. The zero-order chi connectivity index (χ0) is 8.39. The van der Waals surface area contributed by atoms with Gasteiger partial charge in [-0.15, -0.1) is 0 Å². The van der Waals surface area contributed by atoms with Gasteiger partial charge >= 0.3 is 0 Å². The molecule has 0 saturated heterocycles. The van der Waals surface area contributed by atoms with Crippen LogP contribution >= 0.6 is 0 Å². The summed E-state index contributed by atoms with van der Waals surface area (Å²) in [7, 11) is 0. The highest BCUT2D eigenvalue weighted by molar-refractivity contribution is 5.34. The standard InChI is InChI=1S/C11H15N/c12-8-7-10-6-5-9-3-1-2-4-11(9)10/h1-4,10H,5-8,12H2/t10-/m0/s1. The average molecular weight is 161 g/mol. The van der Waals surface area contributed by atoms with E-state index in [4.69, 9.17) is 5.73 Å². The van der Waals surface area contributed by atoms with Crippen LogP contribution in [0.2, 0.25) is 0 Å². The van der Waals surface area contributed by atoms with E-state index in [0.29, 0.717) is 0 Å². The van der Waals surface area contributed by atoms with Crippen molar-refractivity contribution in [1.82, 2.24) is 0 Å². The molecule has 0 amide bonds. The number of rotatable bonds is 2. The Hall–Kier alpha value is -0.820. The first-order chi connectivity index (χ1) is 5.92. The number of hydrogen-bond acceptors (Lipinski definition) is 1. The van der Waals surface area contributed by atoms with Crippen LogP contribution in [0.5, 0.6) is 0 Å². The highest BCUT2D eigenvalue weighted by Crippen LogP contribution is 2.34. The molecule has 1 heteroatoms. The Kier molecular flexibility index (Phi) is 2.13. The van der Waals surface area contributed by atoms with Crippen molar-refractivity contribution in [2.45, 2.75) is 25.2 Å². The molecule has 0 aliphatic heterocycles. The lowest BCUT2D eigenvalue weighted by molar-refractivity contribution is 0.627. The van der Waals surface area contributed by atoms with Gasteiger partial charge in [0.2, 0.25) is 0 Å². The quantitative estimate of drug-likeness (QED) is 0.706. The summed E-state index contributed by atoms with van der Waals surface area (Å²) in [6.07, 6.45) is 3.70. The highest BCUT2D eigenvalue weighted by Gasteiger charge is 2.20. The lowest BCUT2D eigenvalue weighted by Crippen LogP contribution is -2.04. The number of benzene rings is 1. The predicted octanol–water partition coefficient (Wildman–Crippen LogP) is 2.07. The molecule has 0 saturated carbocycles. The van der Waals surface area contributed by atoms with Crippen LogP contribution in [0.1, 0.15) is 29.9 Å². The van der Waals surface area contributed by atoms with Crippen molar-refractivity contribution in [2.24, 2.45) is 5.73 Å². The molecule has 1 nitrogen and oxygen atoms in total. The zero-order valence-electron chi connectivity index (χ0n) is 7.29. The number of nitrogens with two attached hydrogens (primary N) is 1. The Balaban J connectivity index is 2.24. The maximum absolute atomic E-state index is 5.57. The Labute approximate surface area is 73.6 Å². The summed E-state index contributed by atoms with van der Waals surface area (Å²) in [6, 6.07) is 8.76. The van der Waals surface area contributed by atoms with Crippen molar-refractivity contribution >= 4 is 0 Å². The Bertz CT molecular complexity index is 265. The van der Waals surface area contributed by atoms with Crippen LogP contribution in [-0.4, -0.2) is 6.54 Å². The first-order valence-corrected chi connectivity index (χ1v) is 4.69. The molecule has 0 bridgehead atoms. The van der Waals surface area contributed by atoms with Gasteiger partial charge in [-0.3, -0.25) is 0 Å². The van der Waals surface area contributed by atoms with E-state index in [1.54, 1.807) is 5.56 Å². The molecule has 1 aromatic rings. The number of fused-ring (bicyclic) bond motifs is 1. The second-order valence-corrected chi connectivity index (χ2v) is 3.51. The van der Waals surface area contributed by atoms with Gasteiger partial charge in [0, 0.05) is 0 Å². The molecule has 1 aliphatic rings. The molecule has 0 heterocycles. The van der Waals surface area contributed by atoms with Gasteiger partial charge in [0.05, 0.1) is 0 Å². The van der Waals surface area contributed by atoms with E-state index in [-0.39, 0.29) is 0 Å². The van der Waals surface area contributed by atoms with Crippen LogP contribution < -0.4 is 5.73 Å². The van der Waals surface area contributed by atoms with E-state index < -0.39 is 0 Å². The molecule has 0 spiro atoms. The molecule has 64 valence electrons. The largest absolute Gasteiger partial charge is 0.330 e. The van der Waals surface area contributed by atoms with Gasteiger partial charge in [-0.1, -0.05) is 24.3 Å². The summed E-state index contributed by atoms with van der Waals surface area (Å²) in [5, 5.41) is 0. The van der Waals surface area contributed by atoms with Crippen LogP contribution in [-0.2, 0) is 6.42 Å². The van der Waals surface area contributed by atoms with Gasteiger partial charge in [-0.2, -0.15) is 0 Å². The summed E-state index contributed by atoms with van der Waals surface area (Å²) < 4.78 is 0. The molecule has 1 atom stereocenters. The summed E-state index contributed by atoms with van der Waals surface area (Å²) in [4.78, 5) is 0. The topological polar surface area (TPSA) is 26.0 Å². The van der Waals surface area contributed by atoms with Crippen molar-refractivity contribution in [3.8, 4) is 0 Å². The second-order valence-electron chi connectivity index (χ2n) is 3.51. The summed E-state index contributed by atoms with van der Waals surface area (Å²) in [5.74, 6) is 0.742. The van der Waals surface area contributed by atoms with Gasteiger partial charge in [0.15, 0.2) is 0 Å². The van der Waals surface area contributed by atoms with Gasteiger partial charge in [0.1, 0.15) is 0 Å². The fraction of sp³-hybridized carbons (Fsp3) is 0.455. The molecule has 1 aliphatic carbocycles. The van der Waals surface area contributed by atoms with Crippen molar-refractivity contribution < 1.29 is 0 Å². The van der Waals surface area contributed by atoms with E-state index in [1.165, 1.54) is 18.4 Å². The molecule has 12 heavy (non-hydrogen) atoms. The fourth-order valence-corrected chi connectivity index (χ4v) is 2.15. The molecule has 2 rings (SSSR count). The molecule has 0 fully saturated rings. The molecular weight excluding hydrogens is 146 g/mol. The zero-order valence-corrected chi connectivity index (χ0v) is 7.29. The SMILES string of the molecule is NCC[C@@H]1CCc2ccccc21. The minimum atomic E-state index is 0.742. The third-order valence-electron chi connectivity index (χ3n) is 2.77. The van der Waals surface area contributed by atoms with Crippen LogP contribution in [0.4, 0.5) is 0 Å². The van der Waals surface area contributed by atoms with E-state index in [9.17, 15) is 0 Å². The molecule has 2 N–H and O–H groups in total. The average Bonchev–Trinajstić information content (AvgIpc) is 2.50. The Morgan fingerprint density at radius 2 is 2.17 bits per heavy atom. The van der Waals surface area contributed by atoms with E-state index in [2.05, 4.69) is 24.3 Å². The maximum atomic E-state index is 5.57. The third kappa shape index (κ3) is 1.25. The van der Waals surface area contributed by atoms with Crippen molar-refractivity contribution in [3.63, 3.8) is 0 Å². The van der Waals surface area contributed by atoms with Crippen LogP contribution in [0.3, 0.4) is 0 Å². The number of aryl methyl sites for hydroxylation is 1. The lowest BCUT2D eigenvalue weighted by Gasteiger charge is -2.08. The molecule has 0 aromatic heterocycles. The van der Waals surface area contributed by atoms with E-state index in [1.807, 2.05) is 0 Å². The van der Waals surface area contributed by atoms with Gasteiger partial charge in [-0.05, 0) is 42.9 Å². The first-order valence-electron chi connectivity index (χ1n) is 4.69. The van der Waals surface area contributed by atoms with Gasteiger partial charge < -0.3 is 5.73 Å². The summed E-state index contributed by atoms with van der Waals surface area (Å²) in [6.45, 7) is 0.818. The summed E-state index contributed by atoms with van der Waals surface area (Å²) >= 11 is 0. The van der Waals surface area contributed by atoms with Crippen LogP contribution in [0, 0.1) is 0 Å². The van der Waals surface area contributed by atoms with E-state index in [0.717, 1.165) is 18.9 Å². The minimum Gasteiger partial charge on any atom is -0.330 e. The Morgan fingerprint density at radius 1 is 1.33 bits per heavy atom. The smallest absolute Gasteiger partial charge is 0.00714 e. The third-order valence-corrected chi connectivity index (χ3v) is 2.77. The fourth-order valence-electron chi connectivity index (χ4n) is 2.15. The monoisotopic (exact) mass is 161 g/mol. The maximum Gasteiger partial charge on any atom is -0.00714 e. The van der Waals surface area contributed by atoms with Gasteiger partial charge in [0.25, 0.3) is 0 Å². The predicted molar refractivity (Wildman–Crippen MR) is 51.2 cm³/mol. The lowest BCUT2D eigenvalue weighted by atomic mass is 9.98. The summed E-state index contributed by atoms with van der Waals surface area (Å²) in [5.41, 5.74) is 8.65. The van der Waals surface area contributed by atoms with Crippen LogP contribution in [0.25, 0.3) is 0 Å². The molecule has 1 aromatic carbocycles. The molecule has 0 unspecified atom stereocenters.